The summed E-state index contributed by atoms with van der Waals surface area (Å²) in [5, 5.41) is 4.18. The number of para-hydroxylation sites is 1. The molecule has 0 bridgehead atoms. The summed E-state index contributed by atoms with van der Waals surface area (Å²) in [4.78, 5) is 19.8. The van der Waals surface area contributed by atoms with Crippen molar-refractivity contribution < 1.29 is 4.79 Å². The van der Waals surface area contributed by atoms with E-state index in [2.05, 4.69) is 41.4 Å². The zero-order chi connectivity index (χ0) is 20.7. The molecule has 1 aliphatic heterocycles. The van der Waals surface area contributed by atoms with Crippen LogP contribution in [0.4, 0.5) is 17.2 Å². The number of aromatic nitrogens is 1. The van der Waals surface area contributed by atoms with Crippen LogP contribution in [0.25, 0.3) is 10.9 Å². The normalized spacial score (nSPS) is 12.8. The average molecular weight is 393 g/mol. The van der Waals surface area contributed by atoms with Crippen molar-refractivity contribution in [3.8, 4) is 0 Å². The van der Waals surface area contributed by atoms with Gasteiger partial charge in [0.05, 0.1) is 5.52 Å². The molecule has 2 heterocycles. The van der Waals surface area contributed by atoms with Crippen LogP contribution in [0.5, 0.6) is 0 Å². The van der Waals surface area contributed by atoms with Gasteiger partial charge in [0.2, 0.25) is 0 Å². The molecule has 4 aromatic rings. The molecular formula is C26H23N3O. The highest BCUT2D eigenvalue weighted by Gasteiger charge is 2.23. The Hall–Kier alpha value is -3.66. The van der Waals surface area contributed by atoms with Crippen molar-refractivity contribution in [1.29, 1.82) is 0 Å². The third-order valence-corrected chi connectivity index (χ3v) is 5.72. The van der Waals surface area contributed by atoms with Gasteiger partial charge in [-0.2, -0.15) is 0 Å². The Morgan fingerprint density at radius 2 is 1.77 bits per heavy atom. The fourth-order valence-corrected chi connectivity index (χ4v) is 4.02. The maximum absolute atomic E-state index is 12.6. The van der Waals surface area contributed by atoms with Gasteiger partial charge in [0.15, 0.2) is 0 Å². The fourth-order valence-electron chi connectivity index (χ4n) is 4.02. The van der Waals surface area contributed by atoms with E-state index in [9.17, 15) is 4.79 Å². The van der Waals surface area contributed by atoms with Crippen LogP contribution in [0, 0.1) is 13.8 Å². The van der Waals surface area contributed by atoms with Gasteiger partial charge in [-0.15, -0.1) is 0 Å². The molecule has 0 aliphatic carbocycles. The third kappa shape index (κ3) is 3.30. The molecule has 1 N–H and O–H groups in total. The Balaban J connectivity index is 1.40. The smallest absolute Gasteiger partial charge is 0.255 e. The fraction of sp³-hybridized carbons (Fsp3) is 0.154. The van der Waals surface area contributed by atoms with E-state index in [0.29, 0.717) is 5.56 Å². The predicted molar refractivity (Wildman–Crippen MR) is 123 cm³/mol. The van der Waals surface area contributed by atoms with Gasteiger partial charge in [0, 0.05) is 28.9 Å². The van der Waals surface area contributed by atoms with Crippen molar-refractivity contribution in [3.05, 3.63) is 95.1 Å². The second-order valence-electron chi connectivity index (χ2n) is 7.88. The topological polar surface area (TPSA) is 45.2 Å². The van der Waals surface area contributed by atoms with Crippen LogP contribution in [-0.4, -0.2) is 17.4 Å². The number of pyridine rings is 1. The minimum Gasteiger partial charge on any atom is -0.326 e. The summed E-state index contributed by atoms with van der Waals surface area (Å²) in [6.07, 6.45) is 0.974. The molecule has 1 aliphatic rings. The monoisotopic (exact) mass is 393 g/mol. The van der Waals surface area contributed by atoms with Crippen molar-refractivity contribution in [2.24, 2.45) is 0 Å². The summed E-state index contributed by atoms with van der Waals surface area (Å²) in [6.45, 7) is 4.97. The standard InChI is InChI=1S/C26H23N3O/c1-17-7-8-20-16-21-13-14-29(25(21)27-24(20)15-17)22-11-9-19(10-12-22)26(30)28-23-6-4-3-5-18(23)2/h3-12,15-16H,13-14H2,1-2H3,(H,28,30). The molecule has 0 atom stereocenters. The minimum absolute atomic E-state index is 0.0998. The van der Waals surface area contributed by atoms with Crippen molar-refractivity contribution >= 4 is 34.0 Å². The molecule has 0 unspecified atom stereocenters. The van der Waals surface area contributed by atoms with Gasteiger partial charge in [-0.25, -0.2) is 4.98 Å². The Kier molecular flexibility index (Phi) is 4.47. The number of benzene rings is 3. The number of amides is 1. The summed E-state index contributed by atoms with van der Waals surface area (Å²) < 4.78 is 0. The molecule has 1 amide bonds. The molecule has 0 fully saturated rings. The lowest BCUT2D eigenvalue weighted by Gasteiger charge is -2.19. The van der Waals surface area contributed by atoms with Gasteiger partial charge in [-0.05, 0) is 79.4 Å². The van der Waals surface area contributed by atoms with Crippen LogP contribution in [0.2, 0.25) is 0 Å². The van der Waals surface area contributed by atoms with E-state index < -0.39 is 0 Å². The van der Waals surface area contributed by atoms with Gasteiger partial charge in [0.1, 0.15) is 5.82 Å². The number of aryl methyl sites for hydroxylation is 2. The van der Waals surface area contributed by atoms with Crippen molar-refractivity contribution in [1.82, 2.24) is 4.98 Å². The van der Waals surface area contributed by atoms with E-state index in [1.165, 1.54) is 16.5 Å². The number of hydrogen-bond acceptors (Lipinski definition) is 3. The summed E-state index contributed by atoms with van der Waals surface area (Å²) in [7, 11) is 0. The predicted octanol–water partition coefficient (Wildman–Crippen LogP) is 5.80. The summed E-state index contributed by atoms with van der Waals surface area (Å²) in [5.74, 6) is 0.919. The zero-order valence-electron chi connectivity index (χ0n) is 17.1. The number of rotatable bonds is 3. The van der Waals surface area contributed by atoms with E-state index in [-0.39, 0.29) is 5.91 Å². The molecule has 1 aromatic heterocycles. The quantitative estimate of drug-likeness (QED) is 0.479. The second-order valence-corrected chi connectivity index (χ2v) is 7.88. The van der Waals surface area contributed by atoms with Crippen LogP contribution in [0.1, 0.15) is 27.0 Å². The molecule has 3 aromatic carbocycles. The lowest BCUT2D eigenvalue weighted by atomic mass is 10.1. The highest BCUT2D eigenvalue weighted by Crippen LogP contribution is 2.35. The molecule has 5 rings (SSSR count). The lowest BCUT2D eigenvalue weighted by molar-refractivity contribution is 0.102. The largest absolute Gasteiger partial charge is 0.326 e. The van der Waals surface area contributed by atoms with Gasteiger partial charge in [-0.3, -0.25) is 4.79 Å². The maximum atomic E-state index is 12.6. The first-order valence-corrected chi connectivity index (χ1v) is 10.2. The molecule has 148 valence electrons. The van der Waals surface area contributed by atoms with Gasteiger partial charge in [-0.1, -0.05) is 30.3 Å². The van der Waals surface area contributed by atoms with E-state index in [0.717, 1.165) is 41.2 Å². The number of anilines is 3. The van der Waals surface area contributed by atoms with Crippen LogP contribution in [0.15, 0.2) is 72.8 Å². The van der Waals surface area contributed by atoms with E-state index in [1.54, 1.807) is 0 Å². The van der Waals surface area contributed by atoms with Gasteiger partial charge in [0.25, 0.3) is 5.91 Å². The first kappa shape index (κ1) is 18.4. The molecule has 30 heavy (non-hydrogen) atoms. The average Bonchev–Trinajstić information content (AvgIpc) is 3.16. The molecule has 0 saturated carbocycles. The molecule has 4 heteroatoms. The summed E-state index contributed by atoms with van der Waals surface area (Å²) in [6, 6.07) is 24.2. The Morgan fingerprint density at radius 1 is 0.967 bits per heavy atom. The van der Waals surface area contributed by atoms with Gasteiger partial charge < -0.3 is 10.2 Å². The number of fused-ring (bicyclic) bond motifs is 2. The van der Waals surface area contributed by atoms with Crippen LogP contribution < -0.4 is 10.2 Å². The van der Waals surface area contributed by atoms with E-state index >= 15 is 0 Å². The summed E-state index contributed by atoms with van der Waals surface area (Å²) >= 11 is 0. The highest BCUT2D eigenvalue weighted by atomic mass is 16.1. The first-order valence-electron chi connectivity index (χ1n) is 10.2. The molecule has 4 nitrogen and oxygen atoms in total. The number of carbonyl (C=O) groups is 1. The second kappa shape index (κ2) is 7.30. The molecular weight excluding hydrogens is 370 g/mol. The molecule has 0 radical (unpaired) electrons. The maximum Gasteiger partial charge on any atom is 0.255 e. The number of carbonyl (C=O) groups excluding carboxylic acids is 1. The molecule has 0 spiro atoms. The van der Waals surface area contributed by atoms with Gasteiger partial charge >= 0.3 is 0 Å². The van der Waals surface area contributed by atoms with Crippen LogP contribution >= 0.6 is 0 Å². The zero-order valence-corrected chi connectivity index (χ0v) is 17.1. The minimum atomic E-state index is -0.0998. The van der Waals surface area contributed by atoms with Crippen molar-refractivity contribution in [3.63, 3.8) is 0 Å². The number of hydrogen-bond donors (Lipinski definition) is 1. The SMILES string of the molecule is Cc1ccc2cc3c(nc2c1)N(c1ccc(C(=O)Nc2ccccc2C)cc1)CC3. The third-order valence-electron chi connectivity index (χ3n) is 5.72. The van der Waals surface area contributed by atoms with Crippen LogP contribution in [-0.2, 0) is 6.42 Å². The van der Waals surface area contributed by atoms with E-state index in [1.807, 2.05) is 55.5 Å². The number of nitrogens with one attached hydrogen (secondary N) is 1. The Labute approximate surface area is 176 Å². The van der Waals surface area contributed by atoms with E-state index in [4.69, 9.17) is 4.98 Å². The van der Waals surface area contributed by atoms with Crippen molar-refractivity contribution in [2.45, 2.75) is 20.3 Å². The highest BCUT2D eigenvalue weighted by molar-refractivity contribution is 6.04. The molecule has 0 saturated heterocycles. The first-order chi connectivity index (χ1) is 14.6. The van der Waals surface area contributed by atoms with Crippen LogP contribution in [0.3, 0.4) is 0 Å². The Bertz CT molecular complexity index is 1260. The number of nitrogens with zero attached hydrogens (tertiary/aromatic N) is 2. The van der Waals surface area contributed by atoms with Crippen molar-refractivity contribution in [2.75, 3.05) is 16.8 Å². The summed E-state index contributed by atoms with van der Waals surface area (Å²) in [5.41, 5.74) is 7.09. The lowest BCUT2D eigenvalue weighted by Crippen LogP contribution is -2.16. The Morgan fingerprint density at radius 3 is 2.57 bits per heavy atom.